The second-order valence-corrected chi connectivity index (χ2v) is 3.57. The third-order valence-corrected chi connectivity index (χ3v) is 2.49. The first-order valence-electron chi connectivity index (χ1n) is 4.95. The summed E-state index contributed by atoms with van der Waals surface area (Å²) in [5.74, 6) is 0.371. The molecule has 14 heavy (non-hydrogen) atoms. The van der Waals surface area contributed by atoms with Crippen molar-refractivity contribution in [2.24, 2.45) is 5.92 Å². The summed E-state index contributed by atoms with van der Waals surface area (Å²) >= 11 is 0. The van der Waals surface area contributed by atoms with Gasteiger partial charge in [-0.2, -0.15) is 0 Å². The smallest absolute Gasteiger partial charge is 0.225 e. The summed E-state index contributed by atoms with van der Waals surface area (Å²) in [7, 11) is 0. The van der Waals surface area contributed by atoms with Crippen LogP contribution < -0.4 is 10.6 Å². The quantitative estimate of drug-likeness (QED) is 0.697. The Morgan fingerprint density at radius 1 is 1.43 bits per heavy atom. The van der Waals surface area contributed by atoms with Crippen LogP contribution in [-0.4, -0.2) is 30.1 Å². The van der Waals surface area contributed by atoms with Gasteiger partial charge in [-0.1, -0.05) is 0 Å². The van der Waals surface area contributed by atoms with Gasteiger partial charge in [-0.15, -0.1) is 0 Å². The lowest BCUT2D eigenvalue weighted by Gasteiger charge is -2.25. The molecular formula is C10H15N3O. The Labute approximate surface area is 83.3 Å². The van der Waals surface area contributed by atoms with Crippen molar-refractivity contribution >= 4 is 5.91 Å². The van der Waals surface area contributed by atoms with Crippen LogP contribution in [0.4, 0.5) is 0 Å². The molecule has 0 aliphatic carbocycles. The zero-order chi connectivity index (χ0) is 9.80. The molecule has 0 spiro atoms. The predicted molar refractivity (Wildman–Crippen MR) is 53.8 cm³/mol. The van der Waals surface area contributed by atoms with E-state index in [9.17, 15) is 4.79 Å². The summed E-state index contributed by atoms with van der Waals surface area (Å²) in [6.45, 7) is 3.22. The van der Waals surface area contributed by atoms with Crippen LogP contribution in [0.1, 0.15) is 0 Å². The maximum atomic E-state index is 11.4. The molecule has 1 aromatic rings. The van der Waals surface area contributed by atoms with Gasteiger partial charge in [0.15, 0.2) is 0 Å². The molecule has 0 radical (unpaired) electrons. The molecule has 1 saturated heterocycles. The number of aromatic nitrogens is 1. The van der Waals surface area contributed by atoms with Gasteiger partial charge in [0.25, 0.3) is 0 Å². The number of nitrogens with zero attached hydrogens (tertiary/aromatic N) is 1. The predicted octanol–water partition coefficient (Wildman–Crippen LogP) is -0.176. The largest absolute Gasteiger partial charge is 0.354 e. The second kappa shape index (κ2) is 4.28. The van der Waals surface area contributed by atoms with Gasteiger partial charge in [0.2, 0.25) is 5.91 Å². The highest BCUT2D eigenvalue weighted by molar-refractivity contribution is 5.79. The van der Waals surface area contributed by atoms with Crippen molar-refractivity contribution in [1.29, 1.82) is 0 Å². The van der Waals surface area contributed by atoms with Crippen LogP contribution in [0, 0.1) is 5.92 Å². The molecule has 0 atom stereocenters. The van der Waals surface area contributed by atoms with E-state index in [0.717, 1.165) is 19.6 Å². The summed E-state index contributed by atoms with van der Waals surface area (Å²) < 4.78 is 2.05. The zero-order valence-corrected chi connectivity index (χ0v) is 8.07. The number of nitrogens with one attached hydrogen (secondary N) is 2. The fourth-order valence-corrected chi connectivity index (χ4v) is 1.45. The van der Waals surface area contributed by atoms with Crippen molar-refractivity contribution in [3.63, 3.8) is 0 Å². The lowest BCUT2D eigenvalue weighted by Crippen LogP contribution is -2.51. The van der Waals surface area contributed by atoms with E-state index in [2.05, 4.69) is 15.2 Å². The van der Waals surface area contributed by atoms with Crippen LogP contribution in [0.15, 0.2) is 24.5 Å². The molecule has 2 rings (SSSR count). The number of amides is 1. The minimum absolute atomic E-state index is 0.177. The summed E-state index contributed by atoms with van der Waals surface area (Å²) in [6, 6.07) is 3.97. The summed E-state index contributed by atoms with van der Waals surface area (Å²) in [4.78, 5) is 11.4. The molecule has 1 aliphatic rings. The first-order valence-corrected chi connectivity index (χ1v) is 4.95. The van der Waals surface area contributed by atoms with Gasteiger partial charge in [-0.25, -0.2) is 0 Å². The van der Waals surface area contributed by atoms with Crippen molar-refractivity contribution in [3.05, 3.63) is 24.5 Å². The molecule has 1 amide bonds. The van der Waals surface area contributed by atoms with E-state index in [-0.39, 0.29) is 11.8 Å². The highest BCUT2D eigenvalue weighted by atomic mass is 16.2. The van der Waals surface area contributed by atoms with E-state index >= 15 is 0 Å². The van der Waals surface area contributed by atoms with Crippen molar-refractivity contribution < 1.29 is 4.79 Å². The molecule has 0 unspecified atom stereocenters. The van der Waals surface area contributed by atoms with E-state index in [1.54, 1.807) is 0 Å². The van der Waals surface area contributed by atoms with E-state index in [0.29, 0.717) is 6.54 Å². The fourth-order valence-electron chi connectivity index (χ4n) is 1.45. The lowest BCUT2D eigenvalue weighted by atomic mass is 10.0. The summed E-state index contributed by atoms with van der Waals surface area (Å²) in [5.41, 5.74) is 0. The Morgan fingerprint density at radius 2 is 2.14 bits per heavy atom. The Bertz CT molecular complexity index is 290. The highest BCUT2D eigenvalue weighted by Crippen LogP contribution is 2.01. The van der Waals surface area contributed by atoms with E-state index < -0.39 is 0 Å². The minimum Gasteiger partial charge on any atom is -0.354 e. The number of hydrogen-bond donors (Lipinski definition) is 2. The number of carbonyl (C=O) groups is 1. The van der Waals surface area contributed by atoms with Crippen molar-refractivity contribution in [3.8, 4) is 0 Å². The monoisotopic (exact) mass is 193 g/mol. The van der Waals surface area contributed by atoms with Gasteiger partial charge >= 0.3 is 0 Å². The summed E-state index contributed by atoms with van der Waals surface area (Å²) in [5, 5.41) is 6.00. The number of rotatable bonds is 4. The Hall–Kier alpha value is -1.29. The van der Waals surface area contributed by atoms with E-state index in [1.807, 2.05) is 24.5 Å². The average Bonchev–Trinajstić information content (AvgIpc) is 2.53. The molecule has 0 bridgehead atoms. The molecule has 2 N–H and O–H groups in total. The van der Waals surface area contributed by atoms with Crippen LogP contribution in [0.5, 0.6) is 0 Å². The Kier molecular flexibility index (Phi) is 2.84. The molecule has 1 aromatic heterocycles. The molecule has 0 saturated carbocycles. The first kappa shape index (κ1) is 9.27. The number of hydrogen-bond acceptors (Lipinski definition) is 2. The van der Waals surface area contributed by atoms with Gasteiger partial charge in [-0.3, -0.25) is 4.79 Å². The fraction of sp³-hybridized carbons (Fsp3) is 0.500. The molecule has 76 valence electrons. The van der Waals surface area contributed by atoms with Gasteiger partial charge in [0.1, 0.15) is 0 Å². The van der Waals surface area contributed by atoms with Gasteiger partial charge in [0, 0.05) is 38.6 Å². The lowest BCUT2D eigenvalue weighted by molar-refractivity contribution is -0.126. The third-order valence-electron chi connectivity index (χ3n) is 2.49. The Morgan fingerprint density at radius 3 is 2.71 bits per heavy atom. The summed E-state index contributed by atoms with van der Waals surface area (Å²) in [6.07, 6.45) is 3.99. The highest BCUT2D eigenvalue weighted by Gasteiger charge is 2.23. The van der Waals surface area contributed by atoms with Crippen LogP contribution >= 0.6 is 0 Å². The molecule has 0 aromatic carbocycles. The standard InChI is InChI=1S/C10H15N3O/c14-10(9-7-11-8-9)12-3-6-13-4-1-2-5-13/h1-2,4-5,9,11H,3,6-8H2,(H,12,14). The van der Waals surface area contributed by atoms with Crippen LogP contribution in [0.2, 0.25) is 0 Å². The molecule has 4 heteroatoms. The third kappa shape index (κ3) is 2.14. The van der Waals surface area contributed by atoms with Crippen molar-refractivity contribution in [2.75, 3.05) is 19.6 Å². The SMILES string of the molecule is O=C(NCCn1cccc1)C1CNC1. The van der Waals surface area contributed by atoms with Crippen LogP contribution in [0.3, 0.4) is 0 Å². The molecule has 1 fully saturated rings. The maximum absolute atomic E-state index is 11.4. The average molecular weight is 193 g/mol. The topological polar surface area (TPSA) is 46.1 Å². The van der Waals surface area contributed by atoms with E-state index in [4.69, 9.17) is 0 Å². The minimum atomic E-state index is 0.177. The van der Waals surface area contributed by atoms with Gasteiger partial charge in [-0.05, 0) is 12.1 Å². The van der Waals surface area contributed by atoms with E-state index in [1.165, 1.54) is 0 Å². The normalized spacial score (nSPS) is 16.3. The van der Waals surface area contributed by atoms with Crippen LogP contribution in [-0.2, 0) is 11.3 Å². The molecule has 4 nitrogen and oxygen atoms in total. The molecule has 1 aliphatic heterocycles. The van der Waals surface area contributed by atoms with Crippen molar-refractivity contribution in [2.45, 2.75) is 6.54 Å². The number of carbonyl (C=O) groups excluding carboxylic acids is 1. The zero-order valence-electron chi connectivity index (χ0n) is 8.07. The maximum Gasteiger partial charge on any atom is 0.225 e. The molecular weight excluding hydrogens is 178 g/mol. The molecule has 2 heterocycles. The van der Waals surface area contributed by atoms with Gasteiger partial charge in [0.05, 0.1) is 5.92 Å². The van der Waals surface area contributed by atoms with Gasteiger partial charge < -0.3 is 15.2 Å². The van der Waals surface area contributed by atoms with Crippen molar-refractivity contribution in [1.82, 2.24) is 15.2 Å². The second-order valence-electron chi connectivity index (χ2n) is 3.57. The van der Waals surface area contributed by atoms with Crippen LogP contribution in [0.25, 0.3) is 0 Å². The first-order chi connectivity index (χ1) is 6.86. The Balaban J connectivity index is 1.65.